The number of nitrogens with two attached hydrogens (primary N) is 1. The summed E-state index contributed by atoms with van der Waals surface area (Å²) in [5, 5.41) is 4.96. The molecule has 88 valence electrons. The van der Waals surface area contributed by atoms with Crippen LogP contribution in [0.25, 0.3) is 0 Å². The third-order valence-corrected chi connectivity index (χ3v) is 2.75. The zero-order valence-corrected chi connectivity index (χ0v) is 9.66. The summed E-state index contributed by atoms with van der Waals surface area (Å²) in [6, 6.07) is 6.73. The molecule has 2 N–H and O–H groups in total. The highest BCUT2D eigenvalue weighted by atomic mass is 32.2. The average molecular weight is 243 g/mol. The van der Waals surface area contributed by atoms with Crippen LogP contribution in [0, 0.1) is 0 Å². The van der Waals surface area contributed by atoms with Crippen molar-refractivity contribution in [3.05, 3.63) is 35.4 Å². The summed E-state index contributed by atoms with van der Waals surface area (Å²) in [5.41, 5.74) is 1.14. The molecule has 0 aromatic heterocycles. The van der Waals surface area contributed by atoms with E-state index in [2.05, 4.69) is 4.74 Å². The maximum atomic E-state index is 11.1. The molecule has 16 heavy (non-hydrogen) atoms. The molecule has 0 heterocycles. The van der Waals surface area contributed by atoms with Gasteiger partial charge < -0.3 is 4.74 Å². The molecule has 0 fully saturated rings. The maximum Gasteiger partial charge on any atom is 0.309 e. The zero-order valence-electron chi connectivity index (χ0n) is 8.84. The lowest BCUT2D eigenvalue weighted by atomic mass is 10.1. The van der Waals surface area contributed by atoms with Gasteiger partial charge in [-0.2, -0.15) is 0 Å². The molecule has 0 bridgehead atoms. The SMILES string of the molecule is COC(=O)Cc1ccccc1CS(N)(=O)=O. The van der Waals surface area contributed by atoms with E-state index in [1.807, 2.05) is 0 Å². The van der Waals surface area contributed by atoms with E-state index in [9.17, 15) is 13.2 Å². The fourth-order valence-electron chi connectivity index (χ4n) is 1.32. The summed E-state index contributed by atoms with van der Waals surface area (Å²) in [6.07, 6.45) is 0.0438. The molecule has 0 atom stereocenters. The van der Waals surface area contributed by atoms with Gasteiger partial charge in [-0.3, -0.25) is 4.79 Å². The van der Waals surface area contributed by atoms with Crippen LogP contribution >= 0.6 is 0 Å². The number of ether oxygens (including phenoxy) is 1. The van der Waals surface area contributed by atoms with Gasteiger partial charge in [-0.05, 0) is 11.1 Å². The van der Waals surface area contributed by atoms with Gasteiger partial charge in [0.1, 0.15) is 0 Å². The molecule has 0 saturated heterocycles. The molecule has 0 unspecified atom stereocenters. The summed E-state index contributed by atoms with van der Waals surface area (Å²) in [5.74, 6) is -0.693. The fraction of sp³-hybridized carbons (Fsp3) is 0.300. The van der Waals surface area contributed by atoms with Crippen LogP contribution in [0.4, 0.5) is 0 Å². The van der Waals surface area contributed by atoms with Crippen molar-refractivity contribution in [2.75, 3.05) is 7.11 Å². The quantitative estimate of drug-likeness (QED) is 0.765. The van der Waals surface area contributed by atoms with E-state index in [1.165, 1.54) is 7.11 Å². The Morgan fingerprint density at radius 3 is 2.38 bits per heavy atom. The van der Waals surface area contributed by atoms with E-state index in [1.54, 1.807) is 24.3 Å². The Morgan fingerprint density at radius 2 is 1.88 bits per heavy atom. The van der Waals surface area contributed by atoms with Crippen molar-refractivity contribution in [2.45, 2.75) is 12.2 Å². The standard InChI is InChI=1S/C10H13NO4S/c1-15-10(12)6-8-4-2-3-5-9(8)7-16(11,13)14/h2-5H,6-7H2,1H3,(H2,11,13,14). The molecular formula is C10H13NO4S. The summed E-state index contributed by atoms with van der Waals surface area (Å²) in [4.78, 5) is 11.1. The highest BCUT2D eigenvalue weighted by Gasteiger charge is 2.11. The second kappa shape index (κ2) is 5.09. The highest BCUT2D eigenvalue weighted by molar-refractivity contribution is 7.88. The lowest BCUT2D eigenvalue weighted by molar-refractivity contribution is -0.139. The number of hydrogen-bond acceptors (Lipinski definition) is 4. The molecule has 1 rings (SSSR count). The lowest BCUT2D eigenvalue weighted by Crippen LogP contribution is -2.16. The molecule has 0 aliphatic rings. The van der Waals surface area contributed by atoms with Crippen LogP contribution in [0.2, 0.25) is 0 Å². The Labute approximate surface area is 94.3 Å². The molecule has 1 aromatic rings. The van der Waals surface area contributed by atoms with Crippen LogP contribution in [0.15, 0.2) is 24.3 Å². The Balaban J connectivity index is 2.96. The van der Waals surface area contributed by atoms with Crippen LogP contribution in [-0.4, -0.2) is 21.5 Å². The monoisotopic (exact) mass is 243 g/mol. The number of primary sulfonamides is 1. The number of methoxy groups -OCH3 is 1. The van der Waals surface area contributed by atoms with Crippen LogP contribution < -0.4 is 5.14 Å². The topological polar surface area (TPSA) is 86.5 Å². The van der Waals surface area contributed by atoms with Gasteiger partial charge in [-0.25, -0.2) is 13.6 Å². The third kappa shape index (κ3) is 4.00. The first-order valence-electron chi connectivity index (χ1n) is 4.56. The third-order valence-electron chi connectivity index (χ3n) is 2.04. The molecule has 0 radical (unpaired) electrons. The summed E-state index contributed by atoms with van der Waals surface area (Å²) in [6.45, 7) is 0. The van der Waals surface area contributed by atoms with Gasteiger partial charge in [0.25, 0.3) is 0 Å². The second-order valence-corrected chi connectivity index (χ2v) is 4.94. The maximum absolute atomic E-state index is 11.1. The van der Waals surface area contributed by atoms with Gasteiger partial charge >= 0.3 is 5.97 Å². The molecule has 0 amide bonds. The normalized spacial score (nSPS) is 11.1. The lowest BCUT2D eigenvalue weighted by Gasteiger charge is -2.07. The van der Waals surface area contributed by atoms with Gasteiger partial charge in [0.05, 0.1) is 19.3 Å². The first kappa shape index (κ1) is 12.7. The van der Waals surface area contributed by atoms with E-state index in [0.717, 1.165) is 0 Å². The Morgan fingerprint density at radius 1 is 1.31 bits per heavy atom. The van der Waals surface area contributed by atoms with Crippen molar-refractivity contribution in [1.29, 1.82) is 0 Å². The number of esters is 1. The van der Waals surface area contributed by atoms with Crippen LogP contribution in [0.1, 0.15) is 11.1 Å². The average Bonchev–Trinajstić information content (AvgIpc) is 2.18. The number of rotatable bonds is 4. The minimum absolute atomic E-state index is 0.0438. The van der Waals surface area contributed by atoms with Gasteiger partial charge in [-0.1, -0.05) is 24.3 Å². The van der Waals surface area contributed by atoms with Gasteiger partial charge in [-0.15, -0.1) is 0 Å². The van der Waals surface area contributed by atoms with E-state index in [4.69, 9.17) is 5.14 Å². The molecule has 6 heteroatoms. The minimum atomic E-state index is -3.59. The fourth-order valence-corrected chi connectivity index (χ4v) is 2.03. The first-order chi connectivity index (χ1) is 7.42. The van der Waals surface area contributed by atoms with Crippen LogP contribution in [0.3, 0.4) is 0 Å². The molecule has 5 nitrogen and oxygen atoms in total. The van der Waals surface area contributed by atoms with Crippen LogP contribution in [-0.2, 0) is 31.7 Å². The van der Waals surface area contributed by atoms with Crippen molar-refractivity contribution in [3.8, 4) is 0 Å². The van der Waals surface area contributed by atoms with Crippen molar-refractivity contribution in [2.24, 2.45) is 5.14 Å². The van der Waals surface area contributed by atoms with Crippen LogP contribution in [0.5, 0.6) is 0 Å². The van der Waals surface area contributed by atoms with E-state index in [-0.39, 0.29) is 12.2 Å². The van der Waals surface area contributed by atoms with Gasteiger partial charge in [0.2, 0.25) is 10.0 Å². The zero-order chi connectivity index (χ0) is 12.2. The van der Waals surface area contributed by atoms with Crippen molar-refractivity contribution in [1.82, 2.24) is 0 Å². The molecule has 0 aliphatic carbocycles. The van der Waals surface area contributed by atoms with Gasteiger partial charge in [0.15, 0.2) is 0 Å². The van der Waals surface area contributed by atoms with E-state index in [0.29, 0.717) is 11.1 Å². The predicted octanol–water partition coefficient (Wildman–Crippen LogP) is 0.191. The van der Waals surface area contributed by atoms with E-state index >= 15 is 0 Å². The molecule has 0 saturated carbocycles. The Kier molecular flexibility index (Phi) is 4.03. The molecule has 1 aromatic carbocycles. The minimum Gasteiger partial charge on any atom is -0.469 e. The Bertz CT molecular complexity index is 481. The predicted molar refractivity (Wildman–Crippen MR) is 59.0 cm³/mol. The highest BCUT2D eigenvalue weighted by Crippen LogP contribution is 2.12. The summed E-state index contributed by atoms with van der Waals surface area (Å²) in [7, 11) is -2.31. The van der Waals surface area contributed by atoms with E-state index < -0.39 is 16.0 Å². The number of hydrogen-bond donors (Lipinski definition) is 1. The van der Waals surface area contributed by atoms with Crippen molar-refractivity contribution >= 4 is 16.0 Å². The largest absolute Gasteiger partial charge is 0.469 e. The summed E-state index contributed by atoms with van der Waals surface area (Å²) < 4.78 is 26.5. The molecule has 0 aliphatic heterocycles. The number of benzene rings is 1. The van der Waals surface area contributed by atoms with Gasteiger partial charge in [0, 0.05) is 0 Å². The van der Waals surface area contributed by atoms with Crippen molar-refractivity contribution < 1.29 is 17.9 Å². The first-order valence-corrected chi connectivity index (χ1v) is 6.28. The Hall–Kier alpha value is -1.40. The molecule has 0 spiro atoms. The number of carbonyl (C=O) groups is 1. The summed E-state index contributed by atoms with van der Waals surface area (Å²) >= 11 is 0. The second-order valence-electron chi connectivity index (χ2n) is 3.33. The number of sulfonamides is 1. The smallest absolute Gasteiger partial charge is 0.309 e. The number of carbonyl (C=O) groups excluding carboxylic acids is 1. The molecular weight excluding hydrogens is 230 g/mol. The van der Waals surface area contributed by atoms with Crippen molar-refractivity contribution in [3.63, 3.8) is 0 Å².